The number of hydrogen-bond acceptors (Lipinski definition) is 1. The molecule has 0 atom stereocenters. The normalized spacial score (nSPS) is 10.7. The highest BCUT2D eigenvalue weighted by Gasteiger charge is 2.15. The van der Waals surface area contributed by atoms with Gasteiger partial charge in [-0.05, 0) is 36.0 Å². The fraction of sp³-hybridized carbons (Fsp3) is 0. The van der Waals surface area contributed by atoms with Crippen molar-refractivity contribution in [2.45, 2.75) is 4.90 Å². The lowest BCUT2D eigenvalue weighted by Gasteiger charge is -2.19. The molecule has 0 saturated heterocycles. The van der Waals surface area contributed by atoms with Crippen LogP contribution >= 0.6 is 20.6 Å². The maximum absolute atomic E-state index is 4.38. The van der Waals surface area contributed by atoms with E-state index < -0.39 is 7.92 Å². The van der Waals surface area contributed by atoms with Crippen LogP contribution in [0.25, 0.3) is 0 Å². The van der Waals surface area contributed by atoms with Gasteiger partial charge in [-0.1, -0.05) is 72.8 Å². The Hall–Kier alpha value is -1.56. The highest BCUT2D eigenvalue weighted by Crippen LogP contribution is 2.32. The van der Waals surface area contributed by atoms with Gasteiger partial charge in [0.15, 0.2) is 0 Å². The number of thiol groups is 1. The van der Waals surface area contributed by atoms with Crippen LogP contribution in [-0.2, 0) is 0 Å². The molecule has 0 radical (unpaired) electrons. The summed E-state index contributed by atoms with van der Waals surface area (Å²) < 4.78 is 0. The molecule has 0 amide bonds. The molecule has 0 unspecified atom stereocenters. The third-order valence-corrected chi connectivity index (χ3v) is 5.88. The van der Waals surface area contributed by atoms with Crippen LogP contribution in [-0.4, -0.2) is 0 Å². The summed E-state index contributed by atoms with van der Waals surface area (Å²) in [6, 6.07) is 30.0. The Morgan fingerprint density at radius 2 is 0.900 bits per heavy atom. The van der Waals surface area contributed by atoms with Gasteiger partial charge in [-0.3, -0.25) is 0 Å². The lowest BCUT2D eigenvalue weighted by Crippen LogP contribution is -2.20. The van der Waals surface area contributed by atoms with Gasteiger partial charge in [-0.15, -0.1) is 12.6 Å². The fourth-order valence-corrected chi connectivity index (χ4v) is 4.63. The van der Waals surface area contributed by atoms with Gasteiger partial charge in [-0.25, -0.2) is 0 Å². The Morgan fingerprint density at radius 3 is 1.35 bits per heavy atom. The van der Waals surface area contributed by atoms with E-state index in [0.717, 1.165) is 4.90 Å². The summed E-state index contributed by atoms with van der Waals surface area (Å²) in [5.41, 5.74) is 0. The van der Waals surface area contributed by atoms with Gasteiger partial charge in [0.2, 0.25) is 0 Å². The van der Waals surface area contributed by atoms with Crippen LogP contribution in [0.1, 0.15) is 0 Å². The van der Waals surface area contributed by atoms with Crippen molar-refractivity contribution >= 4 is 36.5 Å². The van der Waals surface area contributed by atoms with E-state index in [1.165, 1.54) is 15.9 Å². The van der Waals surface area contributed by atoms with E-state index in [1.807, 2.05) is 0 Å². The molecule has 0 saturated carbocycles. The molecule has 2 heteroatoms. The first-order valence-electron chi connectivity index (χ1n) is 6.54. The third kappa shape index (κ3) is 2.95. The monoisotopic (exact) mass is 294 g/mol. The van der Waals surface area contributed by atoms with Gasteiger partial charge in [0.05, 0.1) is 0 Å². The molecule has 0 N–H and O–H groups in total. The van der Waals surface area contributed by atoms with Crippen LogP contribution in [0.4, 0.5) is 0 Å². The summed E-state index contributed by atoms with van der Waals surface area (Å²) in [6.45, 7) is 0. The largest absolute Gasteiger partial charge is 0.143 e. The van der Waals surface area contributed by atoms with Gasteiger partial charge in [-0.2, -0.15) is 0 Å². The minimum absolute atomic E-state index is 0.492. The Morgan fingerprint density at radius 1 is 0.500 bits per heavy atom. The third-order valence-electron chi connectivity index (χ3n) is 3.14. The lowest BCUT2D eigenvalue weighted by atomic mass is 10.3. The molecule has 0 spiro atoms. The molecule has 0 aliphatic heterocycles. The predicted molar refractivity (Wildman–Crippen MR) is 92.4 cm³/mol. The average Bonchev–Trinajstić information content (AvgIpc) is 2.52. The van der Waals surface area contributed by atoms with Crippen molar-refractivity contribution in [3.05, 3.63) is 84.9 Å². The molecule has 0 aliphatic carbocycles. The van der Waals surface area contributed by atoms with Crippen molar-refractivity contribution in [1.82, 2.24) is 0 Å². The molecule has 0 aliphatic rings. The zero-order chi connectivity index (χ0) is 13.8. The average molecular weight is 294 g/mol. The molecular formula is C18H15PS. The molecule has 98 valence electrons. The summed E-state index contributed by atoms with van der Waals surface area (Å²) in [5, 5.41) is 4.11. The Bertz CT molecular complexity index is 623. The first-order chi connectivity index (χ1) is 9.84. The number of benzene rings is 3. The zero-order valence-electron chi connectivity index (χ0n) is 11.0. The standard InChI is InChI=1S/C18H15PS/c20-18-13-11-17(12-14-18)19(15-7-3-1-4-8-15)16-9-5-2-6-10-16/h1-14,20H. The zero-order valence-corrected chi connectivity index (χ0v) is 12.8. The summed E-state index contributed by atoms with van der Waals surface area (Å²) in [7, 11) is -0.492. The Balaban J connectivity index is 2.11. The minimum Gasteiger partial charge on any atom is -0.143 e. The van der Waals surface area contributed by atoms with Gasteiger partial charge < -0.3 is 0 Å². The topological polar surface area (TPSA) is 0 Å². The van der Waals surface area contributed by atoms with Crippen molar-refractivity contribution < 1.29 is 0 Å². The maximum Gasteiger partial charge on any atom is 0.00404 e. The van der Waals surface area contributed by atoms with Crippen molar-refractivity contribution in [3.63, 3.8) is 0 Å². The van der Waals surface area contributed by atoms with Crippen molar-refractivity contribution in [2.75, 3.05) is 0 Å². The van der Waals surface area contributed by atoms with Crippen LogP contribution in [0.2, 0.25) is 0 Å². The van der Waals surface area contributed by atoms with Gasteiger partial charge >= 0.3 is 0 Å². The summed E-state index contributed by atoms with van der Waals surface area (Å²) in [5.74, 6) is 0. The second kappa shape index (κ2) is 6.26. The van der Waals surface area contributed by atoms with E-state index >= 15 is 0 Å². The molecule has 0 nitrogen and oxygen atoms in total. The molecule has 0 heterocycles. The first kappa shape index (κ1) is 13.4. The Kier molecular flexibility index (Phi) is 4.20. The first-order valence-corrected chi connectivity index (χ1v) is 8.33. The smallest absolute Gasteiger partial charge is 0.00404 e. The maximum atomic E-state index is 4.38. The number of rotatable bonds is 3. The molecule has 3 rings (SSSR count). The van der Waals surface area contributed by atoms with Crippen LogP contribution in [0.3, 0.4) is 0 Å². The van der Waals surface area contributed by atoms with Crippen LogP contribution < -0.4 is 15.9 Å². The van der Waals surface area contributed by atoms with Crippen molar-refractivity contribution in [2.24, 2.45) is 0 Å². The van der Waals surface area contributed by atoms with E-state index in [-0.39, 0.29) is 0 Å². The summed E-state index contributed by atoms with van der Waals surface area (Å²) in [6.07, 6.45) is 0. The summed E-state index contributed by atoms with van der Waals surface area (Å²) in [4.78, 5) is 1.00. The number of hydrogen-bond donors (Lipinski definition) is 1. The molecule has 0 aromatic heterocycles. The second-order valence-corrected chi connectivity index (χ2v) is 7.26. The van der Waals surface area contributed by atoms with E-state index in [9.17, 15) is 0 Å². The van der Waals surface area contributed by atoms with Crippen molar-refractivity contribution in [1.29, 1.82) is 0 Å². The minimum atomic E-state index is -0.492. The molecule has 3 aromatic rings. The molecule has 20 heavy (non-hydrogen) atoms. The lowest BCUT2D eigenvalue weighted by molar-refractivity contribution is 1.50. The van der Waals surface area contributed by atoms with Crippen LogP contribution in [0.5, 0.6) is 0 Å². The van der Waals surface area contributed by atoms with Gasteiger partial charge in [0.1, 0.15) is 0 Å². The highest BCUT2D eigenvalue weighted by molar-refractivity contribution is 7.80. The van der Waals surface area contributed by atoms with Crippen LogP contribution in [0.15, 0.2) is 89.8 Å². The molecule has 0 fully saturated rings. The van der Waals surface area contributed by atoms with E-state index in [2.05, 4.69) is 97.6 Å². The van der Waals surface area contributed by atoms with Gasteiger partial charge in [0, 0.05) is 4.90 Å². The highest BCUT2D eigenvalue weighted by atomic mass is 32.1. The molecular weight excluding hydrogens is 279 g/mol. The van der Waals surface area contributed by atoms with E-state index in [0.29, 0.717) is 0 Å². The molecule has 0 bridgehead atoms. The quantitative estimate of drug-likeness (QED) is 0.552. The van der Waals surface area contributed by atoms with Gasteiger partial charge in [0.25, 0.3) is 0 Å². The van der Waals surface area contributed by atoms with E-state index in [4.69, 9.17) is 0 Å². The second-order valence-electron chi connectivity index (χ2n) is 4.52. The Labute approximate surface area is 126 Å². The fourth-order valence-electron chi connectivity index (χ4n) is 2.20. The van der Waals surface area contributed by atoms with Crippen molar-refractivity contribution in [3.8, 4) is 0 Å². The molecule has 3 aromatic carbocycles. The summed E-state index contributed by atoms with van der Waals surface area (Å²) >= 11 is 4.38. The van der Waals surface area contributed by atoms with E-state index in [1.54, 1.807) is 0 Å². The predicted octanol–water partition coefficient (Wildman–Crippen LogP) is 3.73. The SMILES string of the molecule is Sc1ccc(P(c2ccccc2)c2ccccc2)cc1. The van der Waals surface area contributed by atoms with Crippen LogP contribution in [0, 0.1) is 0 Å².